The molecule has 0 aliphatic carbocycles. The Balaban J connectivity index is 1.99. The number of fused-ring (bicyclic) bond motifs is 1. The number of nitrogens with zero attached hydrogens (tertiary/aromatic N) is 3. The first-order chi connectivity index (χ1) is 16.9. The van der Waals surface area contributed by atoms with Crippen molar-refractivity contribution in [3.63, 3.8) is 0 Å². The number of rotatable bonds is 4. The Morgan fingerprint density at radius 1 is 0.714 bits per heavy atom. The predicted octanol–water partition coefficient (Wildman–Crippen LogP) is 4.55. The molecule has 0 aliphatic heterocycles. The van der Waals surface area contributed by atoms with Gasteiger partial charge in [0.15, 0.2) is 0 Å². The second kappa shape index (κ2) is 8.77. The lowest BCUT2D eigenvalue weighted by Crippen LogP contribution is -2.41. The smallest absolute Gasteiger partial charge is 0.341 e. The van der Waals surface area contributed by atoms with Crippen LogP contribution in [0, 0.1) is 6.92 Å². The van der Waals surface area contributed by atoms with Crippen molar-refractivity contribution in [1.29, 1.82) is 0 Å². The quantitative estimate of drug-likeness (QED) is 0.406. The molecule has 0 aliphatic rings. The minimum absolute atomic E-state index is 0.199. The molecule has 0 unspecified atom stereocenters. The fourth-order valence-corrected chi connectivity index (χ4v) is 4.35. The van der Waals surface area contributed by atoms with E-state index in [0.29, 0.717) is 33.3 Å². The predicted molar refractivity (Wildman–Crippen MR) is 140 cm³/mol. The summed E-state index contributed by atoms with van der Waals surface area (Å²) >= 11 is 6.03. The van der Waals surface area contributed by atoms with Gasteiger partial charge in [-0.1, -0.05) is 48.0 Å². The lowest BCUT2D eigenvalue weighted by molar-refractivity contribution is 0.780. The zero-order valence-corrected chi connectivity index (χ0v) is 19.8. The molecule has 3 aromatic carbocycles. The number of hydrogen-bond donors (Lipinski definition) is 1. The highest BCUT2D eigenvalue weighted by atomic mass is 35.5. The molecule has 1 N–H and O–H groups in total. The van der Waals surface area contributed by atoms with E-state index < -0.39 is 11.2 Å². The number of halogens is 1. The molecular formula is C27H21ClN4O3. The van der Waals surface area contributed by atoms with Gasteiger partial charge in [-0.15, -0.1) is 0 Å². The summed E-state index contributed by atoms with van der Waals surface area (Å²) in [6.45, 7) is 1.66. The average Bonchev–Trinajstić information content (AvgIpc) is 2.87. The summed E-state index contributed by atoms with van der Waals surface area (Å²) in [7, 11) is 1.56. The van der Waals surface area contributed by atoms with Gasteiger partial charge in [-0.3, -0.25) is 14.2 Å². The molecule has 8 heteroatoms. The van der Waals surface area contributed by atoms with E-state index in [-0.39, 0.29) is 16.6 Å². The zero-order chi connectivity index (χ0) is 24.7. The van der Waals surface area contributed by atoms with Crippen molar-refractivity contribution < 1.29 is 0 Å². The van der Waals surface area contributed by atoms with Crippen LogP contribution < -0.4 is 22.1 Å². The lowest BCUT2D eigenvalue weighted by atomic mass is 10.1. The van der Waals surface area contributed by atoms with Gasteiger partial charge in [0.2, 0.25) is 0 Å². The Bertz CT molecular complexity index is 1740. The molecule has 7 nitrogen and oxygen atoms in total. The summed E-state index contributed by atoms with van der Waals surface area (Å²) in [5, 5.41) is 4.00. The second-order valence-electron chi connectivity index (χ2n) is 8.12. The van der Waals surface area contributed by atoms with Crippen molar-refractivity contribution in [3.05, 3.63) is 127 Å². The maximum Gasteiger partial charge on any atom is 0.341 e. The maximum absolute atomic E-state index is 14.0. The van der Waals surface area contributed by atoms with Gasteiger partial charge in [0.1, 0.15) is 11.0 Å². The topological polar surface area (TPSA) is 78.0 Å². The Labute approximate surface area is 205 Å². The molecule has 35 heavy (non-hydrogen) atoms. The first-order valence-electron chi connectivity index (χ1n) is 10.9. The highest BCUT2D eigenvalue weighted by molar-refractivity contribution is 6.30. The maximum atomic E-state index is 14.0. The van der Waals surface area contributed by atoms with E-state index in [2.05, 4.69) is 5.32 Å². The van der Waals surface area contributed by atoms with E-state index in [9.17, 15) is 14.4 Å². The van der Waals surface area contributed by atoms with Crippen LogP contribution in [0.4, 0.5) is 11.4 Å². The van der Waals surface area contributed by atoms with E-state index in [0.717, 1.165) is 4.57 Å². The standard InChI is InChI=1S/C27H21ClN4O3/c1-17-23(29-19-15-13-18(28)14-16-19)22-24(30(2)25(17)33)31(20-9-5-3-6-10-20)27(35)32(26(22)34)21-11-7-4-8-12-21/h3-16,29H,1-2H3. The molecule has 0 radical (unpaired) electrons. The summed E-state index contributed by atoms with van der Waals surface area (Å²) in [6, 6.07) is 24.6. The van der Waals surface area contributed by atoms with Crippen LogP contribution in [0.5, 0.6) is 0 Å². The van der Waals surface area contributed by atoms with E-state index in [1.54, 1.807) is 86.8 Å². The van der Waals surface area contributed by atoms with Gasteiger partial charge < -0.3 is 5.32 Å². The van der Waals surface area contributed by atoms with Gasteiger partial charge in [0, 0.05) is 23.3 Å². The second-order valence-corrected chi connectivity index (χ2v) is 8.56. The molecule has 0 bridgehead atoms. The summed E-state index contributed by atoms with van der Waals surface area (Å²) < 4.78 is 3.88. The van der Waals surface area contributed by atoms with Crippen LogP contribution in [0.3, 0.4) is 0 Å². The number of pyridine rings is 1. The Morgan fingerprint density at radius 3 is 1.83 bits per heavy atom. The molecule has 2 aromatic heterocycles. The number of aromatic nitrogens is 3. The van der Waals surface area contributed by atoms with Crippen LogP contribution in [-0.2, 0) is 7.05 Å². The van der Waals surface area contributed by atoms with E-state index in [1.165, 1.54) is 9.13 Å². The highest BCUT2D eigenvalue weighted by Gasteiger charge is 2.23. The largest absolute Gasteiger partial charge is 0.354 e. The zero-order valence-electron chi connectivity index (χ0n) is 19.0. The van der Waals surface area contributed by atoms with Gasteiger partial charge in [0.25, 0.3) is 11.1 Å². The number of aryl methyl sites for hydroxylation is 1. The molecule has 0 atom stereocenters. The number of para-hydroxylation sites is 2. The monoisotopic (exact) mass is 484 g/mol. The molecule has 5 rings (SSSR count). The van der Waals surface area contributed by atoms with Gasteiger partial charge in [-0.2, -0.15) is 0 Å². The fraction of sp³-hybridized carbons (Fsp3) is 0.0741. The van der Waals surface area contributed by atoms with Gasteiger partial charge >= 0.3 is 5.69 Å². The van der Waals surface area contributed by atoms with Crippen molar-refractivity contribution in [2.75, 3.05) is 5.32 Å². The van der Waals surface area contributed by atoms with Crippen molar-refractivity contribution in [2.24, 2.45) is 7.05 Å². The van der Waals surface area contributed by atoms with Crippen LogP contribution in [0.1, 0.15) is 5.56 Å². The number of nitrogens with one attached hydrogen (secondary N) is 1. The summed E-state index contributed by atoms with van der Waals surface area (Å²) in [4.78, 5) is 41.1. The molecular weight excluding hydrogens is 464 g/mol. The molecule has 0 amide bonds. The Morgan fingerprint density at radius 2 is 1.26 bits per heavy atom. The fourth-order valence-electron chi connectivity index (χ4n) is 4.22. The minimum atomic E-state index is -0.573. The summed E-state index contributed by atoms with van der Waals surface area (Å²) in [5.74, 6) is 0. The number of benzene rings is 3. The first kappa shape index (κ1) is 22.4. The molecule has 174 valence electrons. The van der Waals surface area contributed by atoms with E-state index in [4.69, 9.17) is 11.6 Å². The van der Waals surface area contributed by atoms with Crippen LogP contribution >= 0.6 is 11.6 Å². The van der Waals surface area contributed by atoms with Crippen LogP contribution in [-0.4, -0.2) is 13.7 Å². The van der Waals surface area contributed by atoms with Crippen molar-refractivity contribution in [3.8, 4) is 11.4 Å². The van der Waals surface area contributed by atoms with Crippen LogP contribution in [0.2, 0.25) is 5.02 Å². The van der Waals surface area contributed by atoms with E-state index in [1.807, 2.05) is 12.1 Å². The molecule has 5 aromatic rings. The molecule has 0 spiro atoms. The van der Waals surface area contributed by atoms with Crippen molar-refractivity contribution in [1.82, 2.24) is 13.7 Å². The number of hydrogen-bond acceptors (Lipinski definition) is 4. The van der Waals surface area contributed by atoms with E-state index >= 15 is 0 Å². The molecule has 2 heterocycles. The molecule has 0 fully saturated rings. The normalized spacial score (nSPS) is 11.1. The molecule has 0 saturated heterocycles. The third-order valence-corrected chi connectivity index (χ3v) is 6.20. The van der Waals surface area contributed by atoms with Crippen LogP contribution in [0.15, 0.2) is 99.3 Å². The third-order valence-electron chi connectivity index (χ3n) is 5.95. The average molecular weight is 485 g/mol. The van der Waals surface area contributed by atoms with Gasteiger partial charge in [-0.05, 0) is 55.5 Å². The minimum Gasteiger partial charge on any atom is -0.354 e. The van der Waals surface area contributed by atoms with Gasteiger partial charge in [-0.25, -0.2) is 13.9 Å². The molecule has 0 saturated carbocycles. The number of anilines is 2. The Kier molecular flexibility index (Phi) is 5.62. The van der Waals surface area contributed by atoms with Crippen LogP contribution in [0.25, 0.3) is 22.4 Å². The highest BCUT2D eigenvalue weighted by Crippen LogP contribution is 2.27. The summed E-state index contributed by atoms with van der Waals surface area (Å²) in [5.41, 5.74) is 1.07. The first-order valence-corrected chi connectivity index (χ1v) is 11.3. The SMILES string of the molecule is Cc1c(Nc2ccc(Cl)cc2)c2c(=O)n(-c3ccccc3)c(=O)n(-c3ccccc3)c2n(C)c1=O. The third kappa shape index (κ3) is 3.76. The lowest BCUT2D eigenvalue weighted by Gasteiger charge is -2.20. The van der Waals surface area contributed by atoms with Crippen molar-refractivity contribution >= 4 is 34.0 Å². The van der Waals surface area contributed by atoms with Gasteiger partial charge in [0.05, 0.1) is 17.1 Å². The van der Waals surface area contributed by atoms with Crippen molar-refractivity contribution in [2.45, 2.75) is 6.92 Å². The Hall–Kier alpha value is -4.36. The summed E-state index contributed by atoms with van der Waals surface area (Å²) in [6.07, 6.45) is 0.